The van der Waals surface area contributed by atoms with Gasteiger partial charge in [-0.05, 0) is 26.3 Å². The van der Waals surface area contributed by atoms with E-state index in [1.807, 2.05) is 0 Å². The molecule has 2 aliphatic rings. The fraction of sp³-hybridized carbons (Fsp3) is 0.684. The summed E-state index contributed by atoms with van der Waals surface area (Å²) in [6, 6.07) is 11.8. The van der Waals surface area contributed by atoms with Crippen molar-refractivity contribution in [1.29, 1.82) is 0 Å². The summed E-state index contributed by atoms with van der Waals surface area (Å²) < 4.78 is 0. The number of fused-ring (bicyclic) bond motifs is 1. The van der Waals surface area contributed by atoms with Crippen LogP contribution in [0.25, 0.3) is 0 Å². The van der Waals surface area contributed by atoms with Gasteiger partial charge in [-0.25, -0.2) is 0 Å². The summed E-state index contributed by atoms with van der Waals surface area (Å²) in [6.45, 7) is 13.3. The van der Waals surface area contributed by atoms with E-state index in [1.165, 1.54) is 5.56 Å². The van der Waals surface area contributed by atoms with Gasteiger partial charge >= 0.3 is 0 Å². The molecule has 0 spiro atoms. The van der Waals surface area contributed by atoms with Crippen LogP contribution in [0, 0.1) is 0 Å². The van der Waals surface area contributed by atoms with Crippen molar-refractivity contribution < 1.29 is 5.11 Å². The van der Waals surface area contributed by atoms with Gasteiger partial charge < -0.3 is 5.11 Å². The van der Waals surface area contributed by atoms with E-state index in [-0.39, 0.29) is 12.1 Å². The molecule has 2 atom stereocenters. The molecule has 128 valence electrons. The Morgan fingerprint density at radius 1 is 1.17 bits per heavy atom. The van der Waals surface area contributed by atoms with Crippen molar-refractivity contribution in [3.63, 3.8) is 0 Å². The SMILES string of the molecule is CC(C)N1CCN2[C@H](CN(Cc3ccccc3)C[C@@]2(C)CO)C1. The van der Waals surface area contributed by atoms with Gasteiger partial charge in [-0.3, -0.25) is 14.7 Å². The zero-order chi connectivity index (χ0) is 16.4. The predicted octanol–water partition coefficient (Wildman–Crippen LogP) is 1.65. The first-order valence-electron chi connectivity index (χ1n) is 8.90. The van der Waals surface area contributed by atoms with Gasteiger partial charge in [-0.15, -0.1) is 0 Å². The van der Waals surface area contributed by atoms with E-state index in [2.05, 4.69) is 65.8 Å². The molecule has 0 saturated carbocycles. The molecule has 1 aromatic carbocycles. The van der Waals surface area contributed by atoms with Crippen LogP contribution in [0.3, 0.4) is 0 Å². The molecule has 4 nitrogen and oxygen atoms in total. The molecule has 3 rings (SSSR count). The van der Waals surface area contributed by atoms with E-state index >= 15 is 0 Å². The standard InChI is InChI=1S/C19H31N3O/c1-16(2)21-9-10-22-18(13-21)12-20(14-19(22,3)15-23)11-17-7-5-4-6-8-17/h4-8,16,18,23H,9-15H2,1-3H3/t18-,19+/m1/s1. The van der Waals surface area contributed by atoms with Crippen LogP contribution in [-0.4, -0.2) is 76.8 Å². The summed E-state index contributed by atoms with van der Waals surface area (Å²) in [4.78, 5) is 7.66. The van der Waals surface area contributed by atoms with Crippen LogP contribution in [-0.2, 0) is 6.54 Å². The summed E-state index contributed by atoms with van der Waals surface area (Å²) in [6.07, 6.45) is 0. The van der Waals surface area contributed by atoms with Crippen LogP contribution in [0.2, 0.25) is 0 Å². The number of aliphatic hydroxyl groups excluding tert-OH is 1. The quantitative estimate of drug-likeness (QED) is 0.914. The molecule has 2 heterocycles. The van der Waals surface area contributed by atoms with Crippen LogP contribution in [0.4, 0.5) is 0 Å². The Labute approximate surface area is 140 Å². The molecule has 0 amide bonds. The molecule has 2 aliphatic heterocycles. The third-order valence-electron chi connectivity index (χ3n) is 5.56. The normalized spacial score (nSPS) is 30.6. The molecule has 0 aromatic heterocycles. The smallest absolute Gasteiger partial charge is 0.0625 e. The number of hydrogen-bond acceptors (Lipinski definition) is 4. The fourth-order valence-electron chi connectivity index (χ4n) is 4.25. The van der Waals surface area contributed by atoms with Crippen molar-refractivity contribution in [2.24, 2.45) is 0 Å². The maximum Gasteiger partial charge on any atom is 0.0625 e. The number of nitrogens with zero attached hydrogens (tertiary/aromatic N) is 3. The lowest BCUT2D eigenvalue weighted by molar-refractivity contribution is -0.0978. The Morgan fingerprint density at radius 2 is 1.91 bits per heavy atom. The molecule has 0 unspecified atom stereocenters. The molecule has 1 N–H and O–H groups in total. The summed E-state index contributed by atoms with van der Waals surface area (Å²) in [5.41, 5.74) is 1.23. The van der Waals surface area contributed by atoms with Gasteiger partial charge in [0.2, 0.25) is 0 Å². The average Bonchev–Trinajstić information content (AvgIpc) is 2.55. The summed E-state index contributed by atoms with van der Waals surface area (Å²) in [5.74, 6) is 0. The third kappa shape index (κ3) is 3.61. The van der Waals surface area contributed by atoms with Crippen molar-refractivity contribution in [2.45, 2.75) is 44.9 Å². The molecule has 1 aromatic rings. The Bertz CT molecular complexity index is 507. The second kappa shape index (κ2) is 6.89. The van der Waals surface area contributed by atoms with E-state index < -0.39 is 0 Å². The molecule has 0 aliphatic carbocycles. The highest BCUT2D eigenvalue weighted by Gasteiger charge is 2.44. The molecule has 0 radical (unpaired) electrons. The molecule has 2 saturated heterocycles. The molecular weight excluding hydrogens is 286 g/mol. The van der Waals surface area contributed by atoms with Gasteiger partial charge in [0.25, 0.3) is 0 Å². The van der Waals surface area contributed by atoms with Crippen molar-refractivity contribution in [3.8, 4) is 0 Å². The van der Waals surface area contributed by atoms with E-state index in [1.54, 1.807) is 0 Å². The van der Waals surface area contributed by atoms with Gasteiger partial charge in [0.1, 0.15) is 0 Å². The monoisotopic (exact) mass is 317 g/mol. The highest BCUT2D eigenvalue weighted by Crippen LogP contribution is 2.29. The highest BCUT2D eigenvalue weighted by molar-refractivity contribution is 5.15. The average molecular weight is 317 g/mol. The van der Waals surface area contributed by atoms with Crippen LogP contribution in [0.5, 0.6) is 0 Å². The van der Waals surface area contributed by atoms with Crippen LogP contribution < -0.4 is 0 Å². The first-order valence-corrected chi connectivity index (χ1v) is 8.90. The summed E-state index contributed by atoms with van der Waals surface area (Å²) in [5, 5.41) is 10.1. The molecule has 0 bridgehead atoms. The zero-order valence-corrected chi connectivity index (χ0v) is 14.8. The molecule has 4 heteroatoms. The largest absolute Gasteiger partial charge is 0.394 e. The molecule has 2 fully saturated rings. The number of hydrogen-bond donors (Lipinski definition) is 1. The van der Waals surface area contributed by atoms with Crippen LogP contribution in [0.15, 0.2) is 30.3 Å². The minimum Gasteiger partial charge on any atom is -0.394 e. The van der Waals surface area contributed by atoms with Gasteiger partial charge in [0, 0.05) is 51.4 Å². The fourth-order valence-corrected chi connectivity index (χ4v) is 4.25. The first-order chi connectivity index (χ1) is 11.0. The molecular formula is C19H31N3O. The van der Waals surface area contributed by atoms with Gasteiger partial charge in [-0.1, -0.05) is 30.3 Å². The number of aliphatic hydroxyl groups is 1. The highest BCUT2D eigenvalue weighted by atomic mass is 16.3. The van der Waals surface area contributed by atoms with Gasteiger partial charge in [0.15, 0.2) is 0 Å². The number of benzene rings is 1. The molecule has 23 heavy (non-hydrogen) atoms. The number of piperazine rings is 2. The predicted molar refractivity (Wildman–Crippen MR) is 94.4 cm³/mol. The van der Waals surface area contributed by atoms with Crippen molar-refractivity contribution in [2.75, 3.05) is 39.3 Å². The second-order valence-corrected chi connectivity index (χ2v) is 7.75. The van der Waals surface area contributed by atoms with E-state index in [0.29, 0.717) is 12.1 Å². The van der Waals surface area contributed by atoms with Crippen molar-refractivity contribution in [3.05, 3.63) is 35.9 Å². The number of rotatable bonds is 4. The van der Waals surface area contributed by atoms with Gasteiger partial charge in [-0.2, -0.15) is 0 Å². The minimum absolute atomic E-state index is 0.124. The Hall–Kier alpha value is -0.940. The minimum atomic E-state index is -0.124. The van der Waals surface area contributed by atoms with Gasteiger partial charge in [0.05, 0.1) is 12.1 Å². The van der Waals surface area contributed by atoms with E-state index in [0.717, 1.165) is 39.3 Å². The van der Waals surface area contributed by atoms with Crippen LogP contribution in [0.1, 0.15) is 26.3 Å². The lowest BCUT2D eigenvalue weighted by atomic mass is 9.91. The maximum atomic E-state index is 10.1. The zero-order valence-electron chi connectivity index (χ0n) is 14.8. The lowest BCUT2D eigenvalue weighted by Crippen LogP contribution is -2.72. The van der Waals surface area contributed by atoms with Crippen LogP contribution >= 0.6 is 0 Å². The topological polar surface area (TPSA) is 30.0 Å². The summed E-state index contributed by atoms with van der Waals surface area (Å²) in [7, 11) is 0. The third-order valence-corrected chi connectivity index (χ3v) is 5.56. The van der Waals surface area contributed by atoms with E-state index in [9.17, 15) is 5.11 Å². The summed E-state index contributed by atoms with van der Waals surface area (Å²) >= 11 is 0. The Balaban J connectivity index is 1.74. The first kappa shape index (κ1) is 16.9. The van der Waals surface area contributed by atoms with E-state index in [4.69, 9.17) is 0 Å². The lowest BCUT2D eigenvalue weighted by Gasteiger charge is -2.56. The Kier molecular flexibility index (Phi) is 5.07. The second-order valence-electron chi connectivity index (χ2n) is 7.75. The maximum absolute atomic E-state index is 10.1. The Morgan fingerprint density at radius 3 is 2.57 bits per heavy atom. The van der Waals surface area contributed by atoms with Crippen molar-refractivity contribution >= 4 is 0 Å². The van der Waals surface area contributed by atoms with Crippen molar-refractivity contribution in [1.82, 2.24) is 14.7 Å².